The lowest BCUT2D eigenvalue weighted by atomic mass is 10.1. The normalized spacial score (nSPS) is 13.2. The highest BCUT2D eigenvalue weighted by Crippen LogP contribution is 2.25. The molecule has 1 amide bonds. The molecule has 0 spiro atoms. The summed E-state index contributed by atoms with van der Waals surface area (Å²) in [6, 6.07) is 7.73. The van der Waals surface area contributed by atoms with Crippen LogP contribution in [-0.4, -0.2) is 18.4 Å². The monoisotopic (exact) mass is 318 g/mol. The molecular weight excluding hydrogens is 296 g/mol. The molecule has 1 aliphatic heterocycles. The van der Waals surface area contributed by atoms with Gasteiger partial charge in [0.2, 0.25) is 5.91 Å². The minimum atomic E-state index is -0.0617. The first kappa shape index (κ1) is 17.9. The molecule has 1 N–H and O–H groups in total. The van der Waals surface area contributed by atoms with E-state index in [-0.39, 0.29) is 7.33 Å². The summed E-state index contributed by atoms with van der Waals surface area (Å²) in [6.07, 6.45) is 8.38. The molecule has 0 fully saturated rings. The van der Waals surface area contributed by atoms with Gasteiger partial charge in [0, 0.05) is 36.5 Å². The zero-order chi connectivity index (χ0) is 16.4. The topological polar surface area (TPSA) is 58.5 Å². The molecule has 0 bridgehead atoms. The maximum atomic E-state index is 11.0. The first-order chi connectivity index (χ1) is 10.7. The van der Waals surface area contributed by atoms with Crippen LogP contribution in [0.2, 0.25) is 0 Å². The molecule has 4 nitrogen and oxygen atoms in total. The quantitative estimate of drug-likeness (QED) is 0.837. The molecule has 0 saturated carbocycles. The van der Waals surface area contributed by atoms with Crippen LogP contribution in [0.5, 0.6) is 0 Å². The molecule has 0 atom stereocenters. The van der Waals surface area contributed by atoms with Crippen LogP contribution in [0.1, 0.15) is 33.7 Å². The molecular formula is C17H22N2O2S. The maximum absolute atomic E-state index is 11.0. The van der Waals surface area contributed by atoms with Crippen molar-refractivity contribution in [1.82, 2.24) is 0 Å². The number of nitrogens with zero attached hydrogens (tertiary/aromatic N) is 1. The third-order valence-electron chi connectivity index (χ3n) is 2.79. The number of rotatable bonds is 4. The number of carbonyl (C=O) groups is 2. The Labute approximate surface area is 137 Å². The lowest BCUT2D eigenvalue weighted by Gasteiger charge is -2.04. The summed E-state index contributed by atoms with van der Waals surface area (Å²) in [6.45, 7) is 5.67. The van der Waals surface area contributed by atoms with E-state index in [1.807, 2.05) is 43.2 Å². The van der Waals surface area contributed by atoms with Crippen molar-refractivity contribution in [2.75, 3.05) is 5.32 Å². The third kappa shape index (κ3) is 5.69. The van der Waals surface area contributed by atoms with E-state index in [2.05, 4.69) is 22.7 Å². The molecule has 1 heterocycles. The second-order valence-electron chi connectivity index (χ2n) is 4.57. The zero-order valence-corrected chi connectivity index (χ0v) is 13.7. The molecule has 1 aromatic rings. The number of hydrogen-bond acceptors (Lipinski definition) is 4. The maximum Gasteiger partial charge on any atom is 0.221 e. The Hall–Kier alpha value is -2.14. The van der Waals surface area contributed by atoms with Gasteiger partial charge in [-0.15, -0.1) is 0 Å². The Bertz CT molecular complexity index is 595. The molecule has 0 aromatic heterocycles. The van der Waals surface area contributed by atoms with Crippen molar-refractivity contribution in [2.24, 2.45) is 4.40 Å². The fraction of sp³-hybridized carbons (Fsp3) is 0.235. The van der Waals surface area contributed by atoms with Crippen molar-refractivity contribution in [2.45, 2.75) is 26.7 Å². The third-order valence-corrected chi connectivity index (χ3v) is 3.66. The average molecular weight is 318 g/mol. The highest BCUT2D eigenvalue weighted by molar-refractivity contribution is 8.02. The summed E-state index contributed by atoms with van der Waals surface area (Å²) >= 11 is 1.54. The predicted octanol–water partition coefficient (Wildman–Crippen LogP) is 4.40. The number of amides is 1. The van der Waals surface area contributed by atoms with Crippen molar-refractivity contribution in [3.05, 3.63) is 53.0 Å². The Morgan fingerprint density at radius 2 is 2.00 bits per heavy atom. The summed E-state index contributed by atoms with van der Waals surface area (Å²) in [5.41, 5.74) is 2.80. The number of nitrogens with one attached hydrogen (secondary N) is 1. The number of benzene rings is 1. The van der Waals surface area contributed by atoms with Crippen molar-refractivity contribution >= 4 is 36.0 Å². The van der Waals surface area contributed by atoms with Crippen LogP contribution in [0.4, 0.5) is 5.69 Å². The largest absolute Gasteiger partial charge is 0.326 e. The molecule has 0 aliphatic carbocycles. The van der Waals surface area contributed by atoms with Crippen LogP contribution >= 0.6 is 11.9 Å². The molecule has 5 heteroatoms. The van der Waals surface area contributed by atoms with Crippen LogP contribution in [0.25, 0.3) is 0 Å². The average Bonchev–Trinajstić information content (AvgIpc) is 2.76. The number of hydrogen-bond donors (Lipinski definition) is 1. The molecule has 0 radical (unpaired) electrons. The van der Waals surface area contributed by atoms with Crippen molar-refractivity contribution in [3.8, 4) is 0 Å². The van der Waals surface area contributed by atoms with Gasteiger partial charge < -0.3 is 10.1 Å². The van der Waals surface area contributed by atoms with Crippen LogP contribution in [0, 0.1) is 0 Å². The summed E-state index contributed by atoms with van der Waals surface area (Å²) in [5, 5.41) is 2.76. The van der Waals surface area contributed by atoms with Gasteiger partial charge in [-0.3, -0.25) is 4.79 Å². The number of carbonyl (C=O) groups excluding carboxylic acids is 2. The van der Waals surface area contributed by atoms with Crippen molar-refractivity contribution in [3.63, 3.8) is 0 Å². The fourth-order valence-corrected chi connectivity index (χ4v) is 2.68. The minimum Gasteiger partial charge on any atom is -0.326 e. The highest BCUT2D eigenvalue weighted by Gasteiger charge is 2.05. The van der Waals surface area contributed by atoms with Crippen LogP contribution in [0.15, 0.2) is 51.8 Å². The van der Waals surface area contributed by atoms with E-state index in [9.17, 15) is 4.79 Å². The second-order valence-corrected chi connectivity index (χ2v) is 5.46. The lowest BCUT2D eigenvalue weighted by molar-refractivity contribution is -0.114. The van der Waals surface area contributed by atoms with Crippen LogP contribution < -0.4 is 5.32 Å². The molecule has 0 saturated heterocycles. The van der Waals surface area contributed by atoms with Crippen LogP contribution in [-0.2, 0) is 9.59 Å². The molecule has 22 heavy (non-hydrogen) atoms. The smallest absolute Gasteiger partial charge is 0.221 e. The molecule has 2 rings (SSSR count). The van der Waals surface area contributed by atoms with Crippen molar-refractivity contribution in [1.29, 1.82) is 0 Å². The Morgan fingerprint density at radius 1 is 1.32 bits per heavy atom. The number of anilines is 1. The van der Waals surface area contributed by atoms with Gasteiger partial charge in [-0.25, -0.2) is 4.40 Å². The van der Waals surface area contributed by atoms with E-state index in [0.717, 1.165) is 29.8 Å². The zero-order valence-electron chi connectivity index (χ0n) is 12.8. The standard InChI is InChI=1S/C16H18N2OS.CH2O.H2/c1-3-5-15-6-4-7-16(18-20-15)13-8-10-14(11-9-13)17-12(2)19;1-2;/h4,6-11H,3,5H2,1-2H3,(H,17,19);1H2;1H. The van der Waals surface area contributed by atoms with Crippen LogP contribution in [0.3, 0.4) is 0 Å². The van der Waals surface area contributed by atoms with Gasteiger partial charge in [0.1, 0.15) is 6.79 Å². The van der Waals surface area contributed by atoms with E-state index in [4.69, 9.17) is 4.79 Å². The number of allylic oxidation sites excluding steroid dienone is 4. The Morgan fingerprint density at radius 3 is 2.59 bits per heavy atom. The van der Waals surface area contributed by atoms with E-state index in [1.54, 1.807) is 11.9 Å². The first-order valence-corrected chi connectivity index (χ1v) is 7.75. The SMILES string of the molecule is C=O.CCCC1=CC=CC(c2ccc(NC(C)=O)cc2)=NS1.[HH]. The summed E-state index contributed by atoms with van der Waals surface area (Å²) < 4.78 is 4.57. The fourth-order valence-electron chi connectivity index (χ4n) is 1.87. The highest BCUT2D eigenvalue weighted by atomic mass is 32.2. The van der Waals surface area contributed by atoms with Gasteiger partial charge in [0.25, 0.3) is 0 Å². The van der Waals surface area contributed by atoms with Gasteiger partial charge in [-0.05, 0) is 24.6 Å². The van der Waals surface area contributed by atoms with E-state index < -0.39 is 0 Å². The van der Waals surface area contributed by atoms with E-state index in [0.29, 0.717) is 0 Å². The Kier molecular flexibility index (Phi) is 7.92. The van der Waals surface area contributed by atoms with Gasteiger partial charge in [0.05, 0.1) is 5.71 Å². The lowest BCUT2D eigenvalue weighted by Crippen LogP contribution is -2.05. The van der Waals surface area contributed by atoms with E-state index in [1.165, 1.54) is 11.8 Å². The van der Waals surface area contributed by atoms with Gasteiger partial charge in [0.15, 0.2) is 0 Å². The van der Waals surface area contributed by atoms with Gasteiger partial charge in [-0.1, -0.05) is 37.6 Å². The van der Waals surface area contributed by atoms with E-state index >= 15 is 0 Å². The molecule has 118 valence electrons. The molecule has 1 aliphatic rings. The first-order valence-electron chi connectivity index (χ1n) is 6.98. The van der Waals surface area contributed by atoms with Gasteiger partial charge in [-0.2, -0.15) is 0 Å². The van der Waals surface area contributed by atoms with Crippen molar-refractivity contribution < 1.29 is 11.0 Å². The predicted molar refractivity (Wildman–Crippen MR) is 96.2 cm³/mol. The summed E-state index contributed by atoms with van der Waals surface area (Å²) in [7, 11) is 0. The molecule has 0 unspecified atom stereocenters. The summed E-state index contributed by atoms with van der Waals surface area (Å²) in [4.78, 5) is 20.3. The van der Waals surface area contributed by atoms with Gasteiger partial charge >= 0.3 is 0 Å². The summed E-state index contributed by atoms with van der Waals surface area (Å²) in [5.74, 6) is -0.0617. The minimum absolute atomic E-state index is 0. The second kappa shape index (κ2) is 9.73. The molecule has 1 aromatic carbocycles. The Balaban J connectivity index is 0.00000155.